The van der Waals surface area contributed by atoms with E-state index in [1.54, 1.807) is 4.90 Å². The minimum atomic E-state index is 0.0577. The number of aryl methyl sites for hydroxylation is 1. The first-order valence-corrected chi connectivity index (χ1v) is 6.65. The summed E-state index contributed by atoms with van der Waals surface area (Å²) in [4.78, 5) is 14.1. The van der Waals surface area contributed by atoms with Crippen molar-refractivity contribution in [3.8, 4) is 11.8 Å². The summed E-state index contributed by atoms with van der Waals surface area (Å²) in [6, 6.07) is 5.70. The van der Waals surface area contributed by atoms with E-state index in [-0.39, 0.29) is 5.91 Å². The summed E-state index contributed by atoms with van der Waals surface area (Å²) in [5.41, 5.74) is 7.90. The number of carbonyl (C=O) groups excluding carboxylic acids is 1. The number of benzene rings is 1. The lowest BCUT2D eigenvalue weighted by Crippen LogP contribution is -2.28. The predicted molar refractivity (Wildman–Crippen MR) is 79.0 cm³/mol. The highest BCUT2D eigenvalue weighted by Crippen LogP contribution is 2.13. The zero-order valence-electron chi connectivity index (χ0n) is 12.0. The van der Waals surface area contributed by atoms with Crippen molar-refractivity contribution in [2.75, 3.05) is 20.1 Å². The molecule has 0 fully saturated rings. The van der Waals surface area contributed by atoms with Crippen LogP contribution in [-0.2, 0) is 0 Å². The van der Waals surface area contributed by atoms with Gasteiger partial charge in [-0.3, -0.25) is 4.79 Å². The van der Waals surface area contributed by atoms with Gasteiger partial charge in [-0.15, -0.1) is 0 Å². The molecule has 0 aromatic heterocycles. The molecule has 3 nitrogen and oxygen atoms in total. The first-order chi connectivity index (χ1) is 9.10. The molecule has 2 N–H and O–H groups in total. The number of rotatable bonds is 4. The number of nitrogens with two attached hydrogens (primary N) is 1. The summed E-state index contributed by atoms with van der Waals surface area (Å²) in [7, 11) is 1.84. The van der Waals surface area contributed by atoms with Gasteiger partial charge in [-0.25, -0.2) is 0 Å². The molecule has 0 unspecified atom stereocenters. The Balaban J connectivity index is 2.95. The second kappa shape index (κ2) is 7.60. The monoisotopic (exact) mass is 258 g/mol. The quantitative estimate of drug-likeness (QED) is 0.841. The van der Waals surface area contributed by atoms with Crippen LogP contribution in [0.5, 0.6) is 0 Å². The van der Waals surface area contributed by atoms with Gasteiger partial charge in [0, 0.05) is 24.7 Å². The third-order valence-corrected chi connectivity index (χ3v) is 3.00. The van der Waals surface area contributed by atoms with Gasteiger partial charge in [-0.1, -0.05) is 31.3 Å². The fourth-order valence-corrected chi connectivity index (χ4v) is 1.79. The smallest absolute Gasteiger partial charge is 0.253 e. The second-order valence-electron chi connectivity index (χ2n) is 4.62. The van der Waals surface area contributed by atoms with Crippen molar-refractivity contribution < 1.29 is 4.79 Å². The summed E-state index contributed by atoms with van der Waals surface area (Å²) < 4.78 is 0. The van der Waals surface area contributed by atoms with Crippen LogP contribution in [-0.4, -0.2) is 30.9 Å². The van der Waals surface area contributed by atoms with Crippen LogP contribution in [0.3, 0.4) is 0 Å². The molecule has 0 saturated carbocycles. The van der Waals surface area contributed by atoms with E-state index in [1.165, 1.54) is 0 Å². The second-order valence-corrected chi connectivity index (χ2v) is 4.62. The Morgan fingerprint density at radius 3 is 2.79 bits per heavy atom. The van der Waals surface area contributed by atoms with E-state index >= 15 is 0 Å². The lowest BCUT2D eigenvalue weighted by atomic mass is 10.0. The van der Waals surface area contributed by atoms with Crippen LogP contribution in [0.25, 0.3) is 0 Å². The Bertz CT molecular complexity index is 497. The topological polar surface area (TPSA) is 46.3 Å². The van der Waals surface area contributed by atoms with Crippen LogP contribution in [0.4, 0.5) is 0 Å². The van der Waals surface area contributed by atoms with Gasteiger partial charge < -0.3 is 10.6 Å². The molecule has 0 saturated heterocycles. The third-order valence-electron chi connectivity index (χ3n) is 3.00. The molecule has 102 valence electrons. The molecule has 0 aliphatic rings. The van der Waals surface area contributed by atoms with Gasteiger partial charge in [0.2, 0.25) is 0 Å². The highest BCUT2D eigenvalue weighted by Gasteiger charge is 2.13. The van der Waals surface area contributed by atoms with Crippen LogP contribution in [0, 0.1) is 18.8 Å². The highest BCUT2D eigenvalue weighted by atomic mass is 16.2. The lowest BCUT2D eigenvalue weighted by Gasteiger charge is -2.18. The normalized spacial score (nSPS) is 9.68. The molecule has 3 heteroatoms. The molecular weight excluding hydrogens is 236 g/mol. The zero-order chi connectivity index (χ0) is 14.3. The molecule has 19 heavy (non-hydrogen) atoms. The predicted octanol–water partition coefficient (Wildman–Crippen LogP) is 2.18. The minimum Gasteiger partial charge on any atom is -0.342 e. The van der Waals surface area contributed by atoms with Gasteiger partial charge in [0.15, 0.2) is 0 Å². The van der Waals surface area contributed by atoms with Gasteiger partial charge in [0.25, 0.3) is 5.91 Å². The Hall–Kier alpha value is -1.79. The molecule has 1 amide bonds. The van der Waals surface area contributed by atoms with Crippen LogP contribution in [0.2, 0.25) is 0 Å². The molecule has 0 aliphatic heterocycles. The van der Waals surface area contributed by atoms with Crippen LogP contribution in [0.15, 0.2) is 18.2 Å². The zero-order valence-corrected chi connectivity index (χ0v) is 12.0. The highest BCUT2D eigenvalue weighted by molar-refractivity contribution is 5.95. The molecule has 0 radical (unpaired) electrons. The standard InChI is InChI=1S/C16H22N2O/c1-4-5-11-18(3)16(19)15-12-14(7-6-10-17)9-8-13(15)2/h8-9,12H,4-5,10-11,17H2,1-3H3. The van der Waals surface area contributed by atoms with Gasteiger partial charge >= 0.3 is 0 Å². The summed E-state index contributed by atoms with van der Waals surface area (Å²) in [5.74, 6) is 5.83. The Morgan fingerprint density at radius 1 is 1.42 bits per heavy atom. The Morgan fingerprint density at radius 2 is 2.16 bits per heavy atom. The van der Waals surface area contributed by atoms with Crippen molar-refractivity contribution in [2.45, 2.75) is 26.7 Å². The number of carbonyl (C=O) groups is 1. The van der Waals surface area contributed by atoms with Crippen molar-refractivity contribution in [3.63, 3.8) is 0 Å². The van der Waals surface area contributed by atoms with Crippen molar-refractivity contribution in [3.05, 3.63) is 34.9 Å². The van der Waals surface area contributed by atoms with Crippen molar-refractivity contribution in [2.24, 2.45) is 5.73 Å². The Labute approximate surface area is 115 Å². The number of unbranched alkanes of at least 4 members (excludes halogenated alkanes) is 1. The van der Waals surface area contributed by atoms with Crippen LogP contribution < -0.4 is 5.73 Å². The van der Waals surface area contributed by atoms with Gasteiger partial charge in [-0.2, -0.15) is 0 Å². The third kappa shape index (κ3) is 4.42. The van der Waals surface area contributed by atoms with Gasteiger partial charge in [0.1, 0.15) is 0 Å². The first-order valence-electron chi connectivity index (χ1n) is 6.65. The molecule has 0 bridgehead atoms. The fraction of sp³-hybridized carbons (Fsp3) is 0.438. The molecule has 1 aromatic carbocycles. The summed E-state index contributed by atoms with van der Waals surface area (Å²) in [6.45, 7) is 5.18. The molecule has 0 heterocycles. The largest absolute Gasteiger partial charge is 0.342 e. The van der Waals surface area contributed by atoms with E-state index in [9.17, 15) is 4.79 Å². The van der Waals surface area contributed by atoms with E-state index in [4.69, 9.17) is 5.73 Å². The maximum atomic E-state index is 12.4. The molecule has 0 aliphatic carbocycles. The van der Waals surface area contributed by atoms with Crippen LogP contribution in [0.1, 0.15) is 41.3 Å². The SMILES string of the molecule is CCCCN(C)C(=O)c1cc(C#CCN)ccc1C. The van der Waals surface area contributed by atoms with E-state index in [1.807, 2.05) is 32.2 Å². The van der Waals surface area contributed by atoms with Crippen molar-refractivity contribution >= 4 is 5.91 Å². The molecular formula is C16H22N2O. The maximum Gasteiger partial charge on any atom is 0.253 e. The summed E-state index contributed by atoms with van der Waals surface area (Å²) >= 11 is 0. The molecule has 0 atom stereocenters. The average molecular weight is 258 g/mol. The van der Waals surface area contributed by atoms with E-state index in [2.05, 4.69) is 18.8 Å². The maximum absolute atomic E-state index is 12.4. The molecule has 1 rings (SSSR count). The van der Waals surface area contributed by atoms with Crippen molar-refractivity contribution in [1.29, 1.82) is 0 Å². The molecule has 0 spiro atoms. The lowest BCUT2D eigenvalue weighted by molar-refractivity contribution is 0.0792. The molecule has 1 aromatic rings. The van der Waals surface area contributed by atoms with E-state index in [0.29, 0.717) is 6.54 Å². The average Bonchev–Trinajstić information content (AvgIpc) is 2.43. The summed E-state index contributed by atoms with van der Waals surface area (Å²) in [5, 5.41) is 0. The van der Waals surface area contributed by atoms with Gasteiger partial charge in [-0.05, 0) is 31.0 Å². The van der Waals surface area contributed by atoms with Crippen molar-refractivity contribution in [1.82, 2.24) is 4.90 Å². The number of hydrogen-bond acceptors (Lipinski definition) is 2. The fourth-order valence-electron chi connectivity index (χ4n) is 1.79. The number of hydrogen-bond donors (Lipinski definition) is 1. The number of amides is 1. The van der Waals surface area contributed by atoms with E-state index < -0.39 is 0 Å². The Kier molecular flexibility index (Phi) is 6.11. The van der Waals surface area contributed by atoms with Gasteiger partial charge in [0.05, 0.1) is 6.54 Å². The minimum absolute atomic E-state index is 0.0577. The first kappa shape index (κ1) is 15.3. The van der Waals surface area contributed by atoms with E-state index in [0.717, 1.165) is 36.1 Å². The van der Waals surface area contributed by atoms with Crippen LogP contribution >= 0.6 is 0 Å². The number of nitrogens with zero attached hydrogens (tertiary/aromatic N) is 1. The summed E-state index contributed by atoms with van der Waals surface area (Å²) in [6.07, 6.45) is 2.10.